The Labute approximate surface area is 169 Å². The van der Waals surface area contributed by atoms with Crippen LogP contribution in [0.3, 0.4) is 0 Å². The summed E-state index contributed by atoms with van der Waals surface area (Å²) in [5.41, 5.74) is 0.102. The van der Waals surface area contributed by atoms with E-state index in [1.807, 2.05) is 6.92 Å². The summed E-state index contributed by atoms with van der Waals surface area (Å²) in [5, 5.41) is 12.4. The summed E-state index contributed by atoms with van der Waals surface area (Å²) in [4.78, 5) is 30.2. The van der Waals surface area contributed by atoms with Crippen LogP contribution in [0.2, 0.25) is 0 Å². The molecule has 0 aromatic carbocycles. The number of hydrogen-bond acceptors (Lipinski definition) is 6. The minimum Gasteiger partial charge on any atom is -0.503 e. The van der Waals surface area contributed by atoms with Gasteiger partial charge >= 0.3 is 0 Å². The number of Topliss-reactive ketones (excluding diaryl/α,β-unsaturated/α-hetero) is 1. The molecule has 0 unspecified atom stereocenters. The maximum Gasteiger partial charge on any atom is 0.290 e. The Morgan fingerprint density at radius 1 is 1.29 bits per heavy atom. The maximum atomic E-state index is 13.0. The third-order valence-electron chi connectivity index (χ3n) is 5.09. The quantitative estimate of drug-likeness (QED) is 0.643. The van der Waals surface area contributed by atoms with Crippen LogP contribution in [-0.4, -0.2) is 52.8 Å². The predicted octanol–water partition coefficient (Wildman–Crippen LogP) is 3.96. The molecule has 0 aliphatic carbocycles. The number of amides is 1. The van der Waals surface area contributed by atoms with Crippen molar-refractivity contribution < 1.29 is 19.1 Å². The van der Waals surface area contributed by atoms with Crippen molar-refractivity contribution in [2.75, 3.05) is 26.2 Å². The van der Waals surface area contributed by atoms with Gasteiger partial charge in [0.25, 0.3) is 5.91 Å². The molecule has 3 heterocycles. The molecular formula is C21H26N2O4S. The third kappa shape index (κ3) is 3.91. The van der Waals surface area contributed by atoms with Crippen LogP contribution in [0.5, 0.6) is 0 Å². The lowest BCUT2D eigenvalue weighted by Gasteiger charge is -2.26. The molecule has 0 fully saturated rings. The molecule has 0 saturated heterocycles. The monoisotopic (exact) mass is 402 g/mol. The van der Waals surface area contributed by atoms with Gasteiger partial charge in [-0.05, 0) is 56.6 Å². The summed E-state index contributed by atoms with van der Waals surface area (Å²) in [6.07, 6.45) is 0.747. The standard InChI is InChI=1S/C21H26N2O4S/c1-4-22(5-2)11-7-12-23-18(15-10-9-14(3)27-15)17(20(25)21(23)26)19(24)16-8-6-13-28-16/h6,8-10,13,18,25H,4-5,7,11-12H2,1-3H3/t18-/m0/s1. The zero-order chi connectivity index (χ0) is 20.3. The van der Waals surface area contributed by atoms with E-state index in [9.17, 15) is 14.7 Å². The van der Waals surface area contributed by atoms with Gasteiger partial charge in [-0.25, -0.2) is 0 Å². The molecule has 150 valence electrons. The molecule has 1 atom stereocenters. The fourth-order valence-electron chi connectivity index (χ4n) is 3.56. The van der Waals surface area contributed by atoms with Gasteiger partial charge in [0.15, 0.2) is 5.76 Å². The van der Waals surface area contributed by atoms with Crippen molar-refractivity contribution in [3.8, 4) is 0 Å². The minimum absolute atomic E-state index is 0.102. The summed E-state index contributed by atoms with van der Waals surface area (Å²) >= 11 is 1.29. The Morgan fingerprint density at radius 2 is 2.04 bits per heavy atom. The summed E-state index contributed by atoms with van der Waals surface area (Å²) in [6, 6.07) is 6.35. The fraction of sp³-hybridized carbons (Fsp3) is 0.429. The lowest BCUT2D eigenvalue weighted by atomic mass is 10.00. The molecule has 6 nitrogen and oxygen atoms in total. The van der Waals surface area contributed by atoms with Crippen molar-refractivity contribution in [2.45, 2.75) is 33.2 Å². The number of carbonyl (C=O) groups excluding carboxylic acids is 2. The average molecular weight is 403 g/mol. The van der Waals surface area contributed by atoms with E-state index in [1.165, 1.54) is 11.3 Å². The molecule has 7 heteroatoms. The van der Waals surface area contributed by atoms with Crippen molar-refractivity contribution in [2.24, 2.45) is 0 Å². The second kappa shape index (κ2) is 8.75. The van der Waals surface area contributed by atoms with Crippen LogP contribution < -0.4 is 0 Å². The van der Waals surface area contributed by atoms with Crippen LogP contribution in [-0.2, 0) is 4.79 Å². The van der Waals surface area contributed by atoms with Gasteiger partial charge < -0.3 is 19.3 Å². The van der Waals surface area contributed by atoms with E-state index in [1.54, 1.807) is 34.5 Å². The number of nitrogens with zero attached hydrogens (tertiary/aromatic N) is 2. The summed E-state index contributed by atoms with van der Waals surface area (Å²) in [7, 11) is 0. The van der Waals surface area contributed by atoms with E-state index in [0.29, 0.717) is 22.9 Å². The van der Waals surface area contributed by atoms with Crippen molar-refractivity contribution in [3.05, 3.63) is 57.4 Å². The second-order valence-corrected chi connectivity index (χ2v) is 7.75. The number of aliphatic hydroxyl groups is 1. The summed E-state index contributed by atoms with van der Waals surface area (Å²) in [5.74, 6) is -0.123. The van der Waals surface area contributed by atoms with E-state index in [2.05, 4.69) is 18.7 Å². The molecule has 0 bridgehead atoms. The van der Waals surface area contributed by atoms with Gasteiger partial charge in [0.2, 0.25) is 5.78 Å². The van der Waals surface area contributed by atoms with Crippen LogP contribution in [0.1, 0.15) is 47.5 Å². The largest absolute Gasteiger partial charge is 0.503 e. The highest BCUT2D eigenvalue weighted by atomic mass is 32.1. The third-order valence-corrected chi connectivity index (χ3v) is 5.96. The topological polar surface area (TPSA) is 74.0 Å². The van der Waals surface area contributed by atoms with Gasteiger partial charge in [-0.15, -0.1) is 11.3 Å². The number of carbonyl (C=O) groups is 2. The van der Waals surface area contributed by atoms with Gasteiger partial charge in [0, 0.05) is 6.54 Å². The van der Waals surface area contributed by atoms with Gasteiger partial charge in [-0.1, -0.05) is 19.9 Å². The number of furan rings is 1. The van der Waals surface area contributed by atoms with Gasteiger partial charge in [0.1, 0.15) is 17.6 Å². The first kappa shape index (κ1) is 20.4. The van der Waals surface area contributed by atoms with Crippen LogP contribution in [0.15, 0.2) is 45.4 Å². The van der Waals surface area contributed by atoms with Crippen LogP contribution >= 0.6 is 11.3 Å². The predicted molar refractivity (Wildman–Crippen MR) is 109 cm³/mol. The zero-order valence-electron chi connectivity index (χ0n) is 16.5. The number of aryl methyl sites for hydroxylation is 1. The Bertz CT molecular complexity index is 865. The smallest absolute Gasteiger partial charge is 0.290 e. The van der Waals surface area contributed by atoms with Crippen LogP contribution in [0, 0.1) is 6.92 Å². The molecule has 3 rings (SSSR count). The fourth-order valence-corrected chi connectivity index (χ4v) is 4.24. The Balaban J connectivity index is 1.90. The number of rotatable bonds is 9. The molecule has 0 saturated carbocycles. The van der Waals surface area contributed by atoms with E-state index < -0.39 is 17.7 Å². The molecule has 1 amide bonds. The first-order chi connectivity index (χ1) is 13.5. The van der Waals surface area contributed by atoms with Crippen molar-refractivity contribution in [3.63, 3.8) is 0 Å². The minimum atomic E-state index is -0.701. The SMILES string of the molecule is CCN(CC)CCCN1C(=O)C(O)=C(C(=O)c2cccs2)[C@@H]1c1ccc(C)o1. The average Bonchev–Trinajstić information content (AvgIpc) is 3.41. The summed E-state index contributed by atoms with van der Waals surface area (Å²) in [6.45, 7) is 9.18. The molecule has 2 aromatic rings. The van der Waals surface area contributed by atoms with Crippen molar-refractivity contribution >= 4 is 23.0 Å². The van der Waals surface area contributed by atoms with Gasteiger partial charge in [-0.2, -0.15) is 0 Å². The van der Waals surface area contributed by atoms with Crippen LogP contribution in [0.25, 0.3) is 0 Å². The van der Waals surface area contributed by atoms with Crippen LogP contribution in [0.4, 0.5) is 0 Å². The van der Waals surface area contributed by atoms with E-state index in [0.717, 1.165) is 26.1 Å². The maximum absolute atomic E-state index is 13.0. The molecule has 0 radical (unpaired) electrons. The number of hydrogen-bond donors (Lipinski definition) is 1. The highest BCUT2D eigenvalue weighted by molar-refractivity contribution is 7.12. The Kier molecular flexibility index (Phi) is 6.36. The molecule has 1 aliphatic rings. The molecule has 2 aromatic heterocycles. The first-order valence-electron chi connectivity index (χ1n) is 9.58. The normalized spacial score (nSPS) is 17.2. The van der Waals surface area contributed by atoms with Gasteiger partial charge in [-0.3, -0.25) is 9.59 Å². The van der Waals surface area contributed by atoms with E-state index >= 15 is 0 Å². The van der Waals surface area contributed by atoms with Crippen molar-refractivity contribution in [1.82, 2.24) is 9.80 Å². The van der Waals surface area contributed by atoms with E-state index in [4.69, 9.17) is 4.42 Å². The molecule has 1 N–H and O–H groups in total. The zero-order valence-corrected chi connectivity index (χ0v) is 17.3. The second-order valence-electron chi connectivity index (χ2n) is 6.80. The number of aliphatic hydroxyl groups excluding tert-OH is 1. The first-order valence-corrected chi connectivity index (χ1v) is 10.5. The highest BCUT2D eigenvalue weighted by Gasteiger charge is 2.45. The molecular weight excluding hydrogens is 376 g/mol. The molecule has 1 aliphatic heterocycles. The summed E-state index contributed by atoms with van der Waals surface area (Å²) < 4.78 is 5.76. The Hall–Kier alpha value is -2.38. The lowest BCUT2D eigenvalue weighted by molar-refractivity contribution is -0.129. The molecule has 0 spiro atoms. The highest BCUT2D eigenvalue weighted by Crippen LogP contribution is 2.40. The van der Waals surface area contributed by atoms with Gasteiger partial charge in [0.05, 0.1) is 10.5 Å². The molecule has 28 heavy (non-hydrogen) atoms. The lowest BCUT2D eigenvalue weighted by Crippen LogP contribution is -2.34. The number of thiophene rings is 1. The Morgan fingerprint density at radius 3 is 2.61 bits per heavy atom. The number of ketones is 1. The van der Waals surface area contributed by atoms with Crippen molar-refractivity contribution in [1.29, 1.82) is 0 Å². The van der Waals surface area contributed by atoms with E-state index in [-0.39, 0.29) is 11.4 Å².